The van der Waals surface area contributed by atoms with Gasteiger partial charge < -0.3 is 14.6 Å². The number of carbonyl (C=O) groups excluding carboxylic acids is 1. The van der Waals surface area contributed by atoms with Crippen molar-refractivity contribution < 1.29 is 24.2 Å². The lowest BCUT2D eigenvalue weighted by atomic mass is 10.1. The Morgan fingerprint density at radius 3 is 2.06 bits per heavy atom. The molecular weight excluding hydrogens is 416 g/mol. The molecule has 0 aromatic heterocycles. The van der Waals surface area contributed by atoms with Gasteiger partial charge in [0.1, 0.15) is 0 Å². The maximum atomic E-state index is 12.1. The first-order valence-electron chi connectivity index (χ1n) is 12.5. The maximum Gasteiger partial charge on any atom is 0.328 e. The zero-order valence-electron chi connectivity index (χ0n) is 20.5. The van der Waals surface area contributed by atoms with E-state index in [9.17, 15) is 9.59 Å². The number of aliphatic carboxylic acids is 1. The van der Waals surface area contributed by atoms with Crippen molar-refractivity contribution in [2.24, 2.45) is 0 Å². The van der Waals surface area contributed by atoms with Gasteiger partial charge in [0.05, 0.1) is 7.11 Å². The van der Waals surface area contributed by atoms with E-state index < -0.39 is 5.97 Å². The van der Waals surface area contributed by atoms with E-state index in [0.717, 1.165) is 31.8 Å². The van der Waals surface area contributed by atoms with Gasteiger partial charge in [-0.05, 0) is 55.9 Å². The first-order valence-corrected chi connectivity index (χ1v) is 12.5. The molecule has 33 heavy (non-hydrogen) atoms. The number of allylic oxidation sites excluding steroid dienone is 2. The van der Waals surface area contributed by atoms with Crippen LogP contribution in [0.3, 0.4) is 0 Å². The SMILES string of the molecule is CCCCCCCC/C=C\CCCCCCCC(=O)Oc1ccc(/C=C\C(=O)O)cc1OC. The van der Waals surface area contributed by atoms with Gasteiger partial charge in [-0.1, -0.05) is 76.5 Å². The van der Waals surface area contributed by atoms with Crippen molar-refractivity contribution >= 4 is 18.0 Å². The minimum atomic E-state index is -1.02. The molecular formula is C28H42O5. The van der Waals surface area contributed by atoms with Gasteiger partial charge in [-0.25, -0.2) is 4.79 Å². The van der Waals surface area contributed by atoms with Crippen LogP contribution in [-0.2, 0) is 9.59 Å². The van der Waals surface area contributed by atoms with E-state index in [1.807, 2.05) is 0 Å². The number of benzene rings is 1. The monoisotopic (exact) mass is 458 g/mol. The van der Waals surface area contributed by atoms with Crippen LogP contribution in [0.25, 0.3) is 6.08 Å². The van der Waals surface area contributed by atoms with Crippen molar-refractivity contribution in [2.45, 2.75) is 96.8 Å². The molecule has 1 aromatic rings. The summed E-state index contributed by atoms with van der Waals surface area (Å²) in [6.07, 6.45) is 23.4. The lowest BCUT2D eigenvalue weighted by Gasteiger charge is -2.10. The number of unbranched alkanes of at least 4 members (excludes halogenated alkanes) is 11. The van der Waals surface area contributed by atoms with E-state index in [1.165, 1.54) is 71.0 Å². The molecule has 0 unspecified atom stereocenters. The van der Waals surface area contributed by atoms with Crippen LogP contribution in [-0.4, -0.2) is 24.2 Å². The van der Waals surface area contributed by atoms with E-state index in [4.69, 9.17) is 14.6 Å². The number of esters is 1. The Bertz CT molecular complexity index is 736. The highest BCUT2D eigenvalue weighted by Gasteiger charge is 2.10. The second-order valence-corrected chi connectivity index (χ2v) is 8.39. The van der Waals surface area contributed by atoms with Crippen LogP contribution >= 0.6 is 0 Å². The fraction of sp³-hybridized carbons (Fsp3) is 0.571. The largest absolute Gasteiger partial charge is 0.493 e. The van der Waals surface area contributed by atoms with E-state index in [1.54, 1.807) is 18.2 Å². The smallest absolute Gasteiger partial charge is 0.328 e. The van der Waals surface area contributed by atoms with Crippen LogP contribution < -0.4 is 9.47 Å². The number of ether oxygens (including phenoxy) is 2. The summed E-state index contributed by atoms with van der Waals surface area (Å²) in [6, 6.07) is 4.95. The van der Waals surface area contributed by atoms with Crippen LogP contribution in [0.15, 0.2) is 36.4 Å². The van der Waals surface area contributed by atoms with Crippen molar-refractivity contribution in [3.8, 4) is 11.5 Å². The van der Waals surface area contributed by atoms with Crippen molar-refractivity contribution in [1.82, 2.24) is 0 Å². The lowest BCUT2D eigenvalue weighted by Crippen LogP contribution is -2.08. The molecule has 0 spiro atoms. The fourth-order valence-electron chi connectivity index (χ4n) is 3.55. The zero-order chi connectivity index (χ0) is 24.2. The molecule has 5 nitrogen and oxygen atoms in total. The number of carboxylic acids is 1. The molecule has 0 bridgehead atoms. The normalized spacial score (nSPS) is 11.3. The van der Waals surface area contributed by atoms with Gasteiger partial charge in [-0.2, -0.15) is 0 Å². The van der Waals surface area contributed by atoms with Crippen molar-refractivity contribution in [3.63, 3.8) is 0 Å². The zero-order valence-corrected chi connectivity index (χ0v) is 20.5. The Labute approximate surface area is 199 Å². The summed E-state index contributed by atoms with van der Waals surface area (Å²) in [5.74, 6) is -0.549. The molecule has 184 valence electrons. The Hall–Kier alpha value is -2.56. The fourth-order valence-corrected chi connectivity index (χ4v) is 3.55. The lowest BCUT2D eigenvalue weighted by molar-refractivity contribution is -0.134. The van der Waals surface area contributed by atoms with Crippen LogP contribution in [0.4, 0.5) is 0 Å². The highest BCUT2D eigenvalue weighted by Crippen LogP contribution is 2.29. The Kier molecular flexibility index (Phi) is 16.4. The summed E-state index contributed by atoms with van der Waals surface area (Å²) >= 11 is 0. The molecule has 1 rings (SSSR count). The van der Waals surface area contributed by atoms with E-state index in [-0.39, 0.29) is 5.97 Å². The third-order valence-corrected chi connectivity index (χ3v) is 5.47. The molecule has 0 aliphatic rings. The topological polar surface area (TPSA) is 72.8 Å². The summed E-state index contributed by atoms with van der Waals surface area (Å²) in [5.41, 5.74) is 0.659. The van der Waals surface area contributed by atoms with Gasteiger partial charge in [-0.3, -0.25) is 4.79 Å². The number of rotatable bonds is 19. The van der Waals surface area contributed by atoms with Crippen LogP contribution in [0, 0.1) is 0 Å². The van der Waals surface area contributed by atoms with Crippen molar-refractivity contribution in [1.29, 1.82) is 0 Å². The standard InChI is InChI=1S/C28H42O5/c1-3-4-5-6-7-8-9-10-11-12-13-14-15-16-17-18-28(31)33-25-21-19-24(20-22-27(29)30)23-26(25)32-2/h10-11,19-23H,3-9,12-18H2,1-2H3,(H,29,30)/b11-10-,22-20-. The highest BCUT2D eigenvalue weighted by molar-refractivity contribution is 5.85. The average Bonchev–Trinajstić information content (AvgIpc) is 2.80. The molecule has 0 aliphatic heterocycles. The molecule has 1 N–H and O–H groups in total. The third-order valence-electron chi connectivity index (χ3n) is 5.47. The second-order valence-electron chi connectivity index (χ2n) is 8.39. The predicted molar refractivity (Wildman–Crippen MR) is 135 cm³/mol. The number of hydrogen-bond acceptors (Lipinski definition) is 4. The first-order chi connectivity index (χ1) is 16.1. The second kappa shape index (κ2) is 19.0. The predicted octanol–water partition coefficient (Wildman–Crippen LogP) is 7.74. The van der Waals surface area contributed by atoms with E-state index >= 15 is 0 Å². The third kappa shape index (κ3) is 15.0. The average molecular weight is 459 g/mol. The van der Waals surface area contributed by atoms with E-state index in [2.05, 4.69) is 19.1 Å². The molecule has 0 radical (unpaired) electrons. The summed E-state index contributed by atoms with van der Waals surface area (Å²) in [7, 11) is 1.49. The molecule has 5 heteroatoms. The molecule has 0 amide bonds. The number of carboxylic acid groups (broad SMARTS) is 1. The Balaban J connectivity index is 2.11. The van der Waals surface area contributed by atoms with Gasteiger partial charge in [0, 0.05) is 12.5 Å². The molecule has 0 fully saturated rings. The molecule has 0 saturated carbocycles. The summed E-state index contributed by atoms with van der Waals surface area (Å²) in [5, 5.41) is 8.72. The van der Waals surface area contributed by atoms with Crippen molar-refractivity contribution in [3.05, 3.63) is 42.0 Å². The number of hydrogen-bond donors (Lipinski definition) is 1. The summed E-state index contributed by atoms with van der Waals surface area (Å²) in [6.45, 7) is 2.25. The van der Waals surface area contributed by atoms with Gasteiger partial charge in [0.2, 0.25) is 0 Å². The van der Waals surface area contributed by atoms with Gasteiger partial charge in [-0.15, -0.1) is 0 Å². The molecule has 0 saturated heterocycles. The molecule has 0 aliphatic carbocycles. The minimum absolute atomic E-state index is 0.278. The highest BCUT2D eigenvalue weighted by atomic mass is 16.6. The Morgan fingerprint density at radius 2 is 1.45 bits per heavy atom. The molecule has 0 heterocycles. The van der Waals surface area contributed by atoms with Gasteiger partial charge in [0.25, 0.3) is 0 Å². The van der Waals surface area contributed by atoms with Crippen LogP contribution in [0.1, 0.15) is 102 Å². The van der Waals surface area contributed by atoms with Crippen LogP contribution in [0.2, 0.25) is 0 Å². The maximum absolute atomic E-state index is 12.1. The van der Waals surface area contributed by atoms with Gasteiger partial charge in [0.15, 0.2) is 11.5 Å². The first kappa shape index (κ1) is 28.5. The molecule has 0 atom stereocenters. The minimum Gasteiger partial charge on any atom is -0.493 e. The summed E-state index contributed by atoms with van der Waals surface area (Å²) in [4.78, 5) is 22.8. The van der Waals surface area contributed by atoms with Crippen LogP contribution in [0.5, 0.6) is 11.5 Å². The molecule has 1 aromatic carbocycles. The van der Waals surface area contributed by atoms with Gasteiger partial charge >= 0.3 is 11.9 Å². The van der Waals surface area contributed by atoms with Crippen molar-refractivity contribution in [2.75, 3.05) is 7.11 Å². The number of methoxy groups -OCH3 is 1. The summed E-state index contributed by atoms with van der Waals surface area (Å²) < 4.78 is 10.7. The number of carbonyl (C=O) groups is 2. The van der Waals surface area contributed by atoms with E-state index in [0.29, 0.717) is 23.5 Å². The Morgan fingerprint density at radius 1 is 0.848 bits per heavy atom. The quantitative estimate of drug-likeness (QED) is 0.0754.